The molecular weight excluding hydrogens is 252 g/mol. The Bertz CT molecular complexity index is 416. The molecule has 4 nitrogen and oxygen atoms in total. The minimum atomic E-state index is -1.01. The lowest BCUT2D eigenvalue weighted by atomic mass is 9.91. The predicted octanol–water partition coefficient (Wildman–Crippen LogP) is 1.99. The lowest BCUT2D eigenvalue weighted by Gasteiger charge is -2.33. The summed E-state index contributed by atoms with van der Waals surface area (Å²) in [4.78, 5) is 14.5. The van der Waals surface area contributed by atoms with E-state index in [0.717, 1.165) is 5.56 Å². The number of hydrogen-bond donors (Lipinski definition) is 1. The molecule has 0 saturated heterocycles. The predicted molar refractivity (Wildman–Crippen MR) is 81.3 cm³/mol. The van der Waals surface area contributed by atoms with Crippen LogP contribution >= 0.6 is 0 Å². The SMILES string of the molecule is COCCN(CC(C)C)C(=O)C(C)(N)c1ccccc1. The monoisotopic (exact) mass is 278 g/mol. The molecule has 1 amide bonds. The number of hydrogen-bond acceptors (Lipinski definition) is 3. The molecule has 0 aliphatic heterocycles. The summed E-state index contributed by atoms with van der Waals surface area (Å²) < 4.78 is 5.09. The summed E-state index contributed by atoms with van der Waals surface area (Å²) in [5.41, 5.74) is 6.12. The third kappa shape index (κ3) is 4.32. The zero-order valence-corrected chi connectivity index (χ0v) is 12.9. The number of ether oxygens (including phenoxy) is 1. The highest BCUT2D eigenvalue weighted by atomic mass is 16.5. The fraction of sp³-hybridized carbons (Fsp3) is 0.562. The summed E-state index contributed by atoms with van der Waals surface area (Å²) in [6.07, 6.45) is 0. The van der Waals surface area contributed by atoms with Crippen molar-refractivity contribution in [3.8, 4) is 0 Å². The lowest BCUT2D eigenvalue weighted by molar-refractivity contribution is -0.138. The molecule has 0 spiro atoms. The molecule has 1 atom stereocenters. The normalized spacial score (nSPS) is 14.1. The van der Waals surface area contributed by atoms with E-state index in [4.69, 9.17) is 10.5 Å². The lowest BCUT2D eigenvalue weighted by Crippen LogP contribution is -2.52. The quantitative estimate of drug-likeness (QED) is 0.830. The summed E-state index contributed by atoms with van der Waals surface area (Å²) in [7, 11) is 1.64. The Morgan fingerprint density at radius 3 is 2.45 bits per heavy atom. The van der Waals surface area contributed by atoms with E-state index in [1.165, 1.54) is 0 Å². The van der Waals surface area contributed by atoms with Crippen molar-refractivity contribution in [3.05, 3.63) is 35.9 Å². The smallest absolute Gasteiger partial charge is 0.247 e. The molecule has 2 N–H and O–H groups in total. The molecule has 20 heavy (non-hydrogen) atoms. The van der Waals surface area contributed by atoms with E-state index >= 15 is 0 Å². The number of carbonyl (C=O) groups is 1. The molecule has 1 unspecified atom stereocenters. The second kappa shape index (κ2) is 7.41. The number of methoxy groups -OCH3 is 1. The molecule has 0 heterocycles. The third-order valence-corrected chi connectivity index (χ3v) is 3.26. The highest BCUT2D eigenvalue weighted by molar-refractivity contribution is 5.87. The van der Waals surface area contributed by atoms with Crippen molar-refractivity contribution in [2.45, 2.75) is 26.3 Å². The number of carbonyl (C=O) groups excluding carboxylic acids is 1. The number of nitrogens with zero attached hydrogens (tertiary/aromatic N) is 1. The Morgan fingerprint density at radius 1 is 1.35 bits per heavy atom. The molecule has 0 aliphatic carbocycles. The summed E-state index contributed by atoms with van der Waals surface area (Å²) >= 11 is 0. The average Bonchev–Trinajstić information content (AvgIpc) is 2.43. The number of amides is 1. The van der Waals surface area contributed by atoms with Gasteiger partial charge in [0.2, 0.25) is 5.91 Å². The highest BCUT2D eigenvalue weighted by Gasteiger charge is 2.34. The molecule has 0 bridgehead atoms. The van der Waals surface area contributed by atoms with Crippen molar-refractivity contribution < 1.29 is 9.53 Å². The van der Waals surface area contributed by atoms with Gasteiger partial charge in [-0.15, -0.1) is 0 Å². The average molecular weight is 278 g/mol. The Balaban J connectivity index is 2.92. The van der Waals surface area contributed by atoms with Gasteiger partial charge in [-0.3, -0.25) is 4.79 Å². The summed E-state index contributed by atoms with van der Waals surface area (Å²) in [6, 6.07) is 9.50. The van der Waals surface area contributed by atoms with Crippen LogP contribution in [0.1, 0.15) is 26.3 Å². The first kappa shape index (κ1) is 16.7. The van der Waals surface area contributed by atoms with E-state index in [0.29, 0.717) is 25.6 Å². The van der Waals surface area contributed by atoms with Gasteiger partial charge in [0.05, 0.1) is 6.61 Å². The van der Waals surface area contributed by atoms with Crippen LogP contribution in [-0.4, -0.2) is 37.6 Å². The van der Waals surface area contributed by atoms with E-state index in [1.54, 1.807) is 18.9 Å². The van der Waals surface area contributed by atoms with Crippen LogP contribution in [0.5, 0.6) is 0 Å². The maximum absolute atomic E-state index is 12.8. The van der Waals surface area contributed by atoms with Gasteiger partial charge in [0.1, 0.15) is 5.54 Å². The second-order valence-corrected chi connectivity index (χ2v) is 5.71. The maximum atomic E-state index is 12.8. The number of nitrogens with two attached hydrogens (primary N) is 1. The van der Waals surface area contributed by atoms with Crippen LogP contribution in [0.25, 0.3) is 0 Å². The molecule has 1 aromatic rings. The van der Waals surface area contributed by atoms with Crippen molar-refractivity contribution in [2.24, 2.45) is 11.7 Å². The van der Waals surface area contributed by atoms with E-state index in [-0.39, 0.29) is 5.91 Å². The second-order valence-electron chi connectivity index (χ2n) is 5.71. The van der Waals surface area contributed by atoms with Gasteiger partial charge in [0.25, 0.3) is 0 Å². The van der Waals surface area contributed by atoms with Gasteiger partial charge in [0, 0.05) is 20.2 Å². The molecule has 0 fully saturated rings. The van der Waals surface area contributed by atoms with Crippen molar-refractivity contribution in [1.82, 2.24) is 4.90 Å². The van der Waals surface area contributed by atoms with Gasteiger partial charge in [-0.05, 0) is 18.4 Å². The molecule has 1 aromatic carbocycles. The fourth-order valence-corrected chi connectivity index (χ4v) is 2.15. The van der Waals surface area contributed by atoms with Crippen LogP contribution in [0.3, 0.4) is 0 Å². The fourth-order valence-electron chi connectivity index (χ4n) is 2.15. The van der Waals surface area contributed by atoms with Crippen LogP contribution in [0.15, 0.2) is 30.3 Å². The molecule has 0 saturated carbocycles. The van der Waals surface area contributed by atoms with Gasteiger partial charge >= 0.3 is 0 Å². The summed E-state index contributed by atoms with van der Waals surface area (Å²) in [6.45, 7) is 7.70. The third-order valence-electron chi connectivity index (χ3n) is 3.26. The molecule has 0 aromatic heterocycles. The summed E-state index contributed by atoms with van der Waals surface area (Å²) in [5, 5.41) is 0. The number of rotatable bonds is 7. The molecule has 112 valence electrons. The van der Waals surface area contributed by atoms with Gasteiger partial charge < -0.3 is 15.4 Å². The van der Waals surface area contributed by atoms with Gasteiger partial charge in [-0.1, -0.05) is 44.2 Å². The van der Waals surface area contributed by atoms with E-state index in [9.17, 15) is 4.79 Å². The number of benzene rings is 1. The standard InChI is InChI=1S/C16H26N2O2/c1-13(2)12-18(10-11-20-4)15(19)16(3,17)14-8-6-5-7-9-14/h5-9,13H,10-12,17H2,1-4H3. The van der Waals surface area contributed by atoms with Crippen LogP contribution in [0.4, 0.5) is 0 Å². The molecule has 0 aliphatic rings. The molecule has 4 heteroatoms. The zero-order valence-electron chi connectivity index (χ0n) is 12.9. The summed E-state index contributed by atoms with van der Waals surface area (Å²) in [5.74, 6) is 0.330. The van der Waals surface area contributed by atoms with Crippen LogP contribution in [0.2, 0.25) is 0 Å². The van der Waals surface area contributed by atoms with Crippen molar-refractivity contribution >= 4 is 5.91 Å². The van der Waals surface area contributed by atoms with Crippen molar-refractivity contribution in [1.29, 1.82) is 0 Å². The molecule has 1 rings (SSSR count). The van der Waals surface area contributed by atoms with E-state index in [1.807, 2.05) is 30.3 Å². The van der Waals surface area contributed by atoms with Gasteiger partial charge in [-0.25, -0.2) is 0 Å². The van der Waals surface area contributed by atoms with E-state index in [2.05, 4.69) is 13.8 Å². The van der Waals surface area contributed by atoms with Gasteiger partial charge in [0.15, 0.2) is 0 Å². The van der Waals surface area contributed by atoms with E-state index < -0.39 is 5.54 Å². The topological polar surface area (TPSA) is 55.6 Å². The Hall–Kier alpha value is -1.39. The Morgan fingerprint density at radius 2 is 1.95 bits per heavy atom. The first-order chi connectivity index (χ1) is 9.39. The molecule has 0 radical (unpaired) electrons. The Kier molecular flexibility index (Phi) is 6.17. The first-order valence-corrected chi connectivity index (χ1v) is 7.02. The first-order valence-electron chi connectivity index (χ1n) is 7.02. The van der Waals surface area contributed by atoms with Crippen molar-refractivity contribution in [2.75, 3.05) is 26.8 Å². The minimum absolute atomic E-state index is 0.0607. The van der Waals surface area contributed by atoms with Crippen LogP contribution in [-0.2, 0) is 15.1 Å². The van der Waals surface area contributed by atoms with Crippen LogP contribution < -0.4 is 5.73 Å². The highest BCUT2D eigenvalue weighted by Crippen LogP contribution is 2.20. The van der Waals surface area contributed by atoms with Crippen molar-refractivity contribution in [3.63, 3.8) is 0 Å². The van der Waals surface area contributed by atoms with Crippen LogP contribution in [0, 0.1) is 5.92 Å². The zero-order chi connectivity index (χ0) is 15.2. The Labute approximate surface area is 121 Å². The van der Waals surface area contributed by atoms with Gasteiger partial charge in [-0.2, -0.15) is 0 Å². The minimum Gasteiger partial charge on any atom is -0.383 e. The maximum Gasteiger partial charge on any atom is 0.247 e. The molecular formula is C16H26N2O2. The largest absolute Gasteiger partial charge is 0.383 e.